The molecule has 0 fully saturated rings. The van der Waals surface area contributed by atoms with Crippen LogP contribution < -0.4 is 0 Å². The lowest BCUT2D eigenvalue weighted by Crippen LogP contribution is -1.79. The van der Waals surface area contributed by atoms with Gasteiger partial charge < -0.3 is 5.11 Å². The Kier molecular flexibility index (Phi) is 12.3. The second-order valence-corrected chi connectivity index (χ2v) is 4.02. The van der Waals surface area contributed by atoms with E-state index in [1.54, 1.807) is 0 Å². The van der Waals surface area contributed by atoms with Crippen LogP contribution in [0.15, 0.2) is 12.2 Å². The zero-order valence-corrected chi connectivity index (χ0v) is 9.93. The van der Waals surface area contributed by atoms with Crippen LogP contribution in [0.5, 0.6) is 0 Å². The summed E-state index contributed by atoms with van der Waals surface area (Å²) in [5.41, 5.74) is 0. The van der Waals surface area contributed by atoms with Crippen LogP contribution in [0.1, 0.15) is 44.9 Å². The van der Waals surface area contributed by atoms with E-state index < -0.39 is 0 Å². The van der Waals surface area contributed by atoms with Crippen molar-refractivity contribution in [1.82, 2.24) is 0 Å². The summed E-state index contributed by atoms with van der Waals surface area (Å²) in [6.07, 6.45) is 12.9. The monoisotopic (exact) mass is 248 g/mol. The molecule has 2 heteroatoms. The predicted molar refractivity (Wildman–Crippen MR) is 62.3 cm³/mol. The molecule has 0 aliphatic rings. The molecule has 0 heterocycles. The van der Waals surface area contributed by atoms with Gasteiger partial charge in [0, 0.05) is 11.9 Å². The summed E-state index contributed by atoms with van der Waals surface area (Å²) in [5.74, 6) is 0. The van der Waals surface area contributed by atoms with Gasteiger partial charge >= 0.3 is 0 Å². The highest BCUT2D eigenvalue weighted by molar-refractivity contribution is 9.09. The minimum Gasteiger partial charge on any atom is -0.396 e. The van der Waals surface area contributed by atoms with Crippen LogP contribution in [-0.4, -0.2) is 17.0 Å². The van der Waals surface area contributed by atoms with Crippen LogP contribution in [0, 0.1) is 0 Å². The second kappa shape index (κ2) is 12.2. The van der Waals surface area contributed by atoms with Crippen molar-refractivity contribution >= 4 is 15.9 Å². The van der Waals surface area contributed by atoms with E-state index in [9.17, 15) is 0 Å². The zero-order valence-electron chi connectivity index (χ0n) is 8.34. The molecule has 0 spiro atoms. The van der Waals surface area contributed by atoms with Crippen LogP contribution >= 0.6 is 15.9 Å². The van der Waals surface area contributed by atoms with Gasteiger partial charge in [-0.2, -0.15) is 0 Å². The minimum absolute atomic E-state index is 0.280. The number of aliphatic hydroxyl groups is 1. The maximum absolute atomic E-state index is 8.51. The van der Waals surface area contributed by atoms with Crippen LogP contribution in [0.2, 0.25) is 0 Å². The molecule has 0 saturated heterocycles. The normalized spacial score (nSPS) is 11.2. The van der Waals surface area contributed by atoms with Crippen molar-refractivity contribution < 1.29 is 5.11 Å². The van der Waals surface area contributed by atoms with Gasteiger partial charge in [-0.15, -0.1) is 0 Å². The standard InChI is InChI=1S/C11H21BrO/c12-10-8-6-4-2-1-3-5-7-9-11-13/h5,7,13H,1-4,6,8-11H2/b7-5-. The molecule has 0 bridgehead atoms. The molecule has 0 aromatic heterocycles. The summed E-state index contributed by atoms with van der Waals surface area (Å²) in [7, 11) is 0. The number of rotatable bonds is 9. The lowest BCUT2D eigenvalue weighted by Gasteiger charge is -1.96. The summed E-state index contributed by atoms with van der Waals surface area (Å²) in [4.78, 5) is 0. The molecule has 78 valence electrons. The van der Waals surface area contributed by atoms with Gasteiger partial charge in [0.25, 0.3) is 0 Å². The van der Waals surface area contributed by atoms with E-state index >= 15 is 0 Å². The molecule has 0 aliphatic carbocycles. The van der Waals surface area contributed by atoms with Crippen molar-refractivity contribution in [3.63, 3.8) is 0 Å². The third-order valence-corrected chi connectivity index (χ3v) is 2.53. The Morgan fingerprint density at radius 2 is 1.46 bits per heavy atom. The first-order valence-electron chi connectivity index (χ1n) is 5.23. The summed E-state index contributed by atoms with van der Waals surface area (Å²) in [6.45, 7) is 0.280. The first-order valence-corrected chi connectivity index (χ1v) is 6.35. The minimum atomic E-state index is 0.280. The fourth-order valence-electron chi connectivity index (χ4n) is 1.20. The summed E-state index contributed by atoms with van der Waals surface area (Å²) in [6, 6.07) is 0. The summed E-state index contributed by atoms with van der Waals surface area (Å²) >= 11 is 3.43. The maximum Gasteiger partial charge on any atom is 0.0465 e. The average molecular weight is 249 g/mol. The molecule has 0 rings (SSSR count). The van der Waals surface area contributed by atoms with Crippen molar-refractivity contribution in [3.8, 4) is 0 Å². The van der Waals surface area contributed by atoms with E-state index in [4.69, 9.17) is 5.11 Å². The Labute approximate surface area is 90.4 Å². The summed E-state index contributed by atoms with van der Waals surface area (Å²) < 4.78 is 0. The molecule has 0 radical (unpaired) electrons. The predicted octanol–water partition coefficient (Wildman–Crippen LogP) is 3.66. The number of hydrogen-bond acceptors (Lipinski definition) is 1. The van der Waals surface area contributed by atoms with E-state index in [2.05, 4.69) is 28.1 Å². The molecule has 1 nitrogen and oxygen atoms in total. The lowest BCUT2D eigenvalue weighted by atomic mass is 10.1. The quantitative estimate of drug-likeness (QED) is 0.375. The van der Waals surface area contributed by atoms with Gasteiger partial charge in [0.05, 0.1) is 0 Å². The topological polar surface area (TPSA) is 20.2 Å². The van der Waals surface area contributed by atoms with Gasteiger partial charge in [0.1, 0.15) is 0 Å². The average Bonchev–Trinajstić information content (AvgIpc) is 2.16. The smallest absolute Gasteiger partial charge is 0.0465 e. The number of aliphatic hydroxyl groups excluding tert-OH is 1. The molecule has 0 amide bonds. The fourth-order valence-corrected chi connectivity index (χ4v) is 1.59. The second-order valence-electron chi connectivity index (χ2n) is 3.23. The summed E-state index contributed by atoms with van der Waals surface area (Å²) in [5, 5.41) is 9.65. The highest BCUT2D eigenvalue weighted by Crippen LogP contribution is 2.06. The van der Waals surface area contributed by atoms with Crippen molar-refractivity contribution in [2.24, 2.45) is 0 Å². The molecule has 0 unspecified atom stereocenters. The highest BCUT2D eigenvalue weighted by Gasteiger charge is 1.87. The molecule has 0 aromatic rings. The Morgan fingerprint density at radius 1 is 0.846 bits per heavy atom. The number of halogens is 1. The van der Waals surface area contributed by atoms with Crippen molar-refractivity contribution in [2.45, 2.75) is 44.9 Å². The fraction of sp³-hybridized carbons (Fsp3) is 0.818. The van der Waals surface area contributed by atoms with Crippen molar-refractivity contribution in [1.29, 1.82) is 0 Å². The van der Waals surface area contributed by atoms with Crippen LogP contribution in [0.4, 0.5) is 0 Å². The first-order chi connectivity index (χ1) is 6.41. The van der Waals surface area contributed by atoms with Gasteiger partial charge in [-0.3, -0.25) is 0 Å². The largest absolute Gasteiger partial charge is 0.396 e. The number of unbranched alkanes of at least 4 members (excludes halogenated alkanes) is 5. The number of hydrogen-bond donors (Lipinski definition) is 1. The third-order valence-electron chi connectivity index (χ3n) is 1.97. The first kappa shape index (κ1) is 13.2. The van der Waals surface area contributed by atoms with Crippen molar-refractivity contribution in [3.05, 3.63) is 12.2 Å². The molecule has 0 aromatic carbocycles. The van der Waals surface area contributed by atoms with E-state index in [0.29, 0.717) is 0 Å². The third kappa shape index (κ3) is 12.2. The van der Waals surface area contributed by atoms with E-state index in [1.165, 1.54) is 38.5 Å². The lowest BCUT2D eigenvalue weighted by molar-refractivity contribution is 0.302. The maximum atomic E-state index is 8.51. The van der Waals surface area contributed by atoms with Gasteiger partial charge in [-0.05, 0) is 25.7 Å². The van der Waals surface area contributed by atoms with Crippen LogP contribution in [0.25, 0.3) is 0 Å². The van der Waals surface area contributed by atoms with E-state index in [1.807, 2.05) is 0 Å². The SMILES string of the molecule is OCC/C=C\CCCCCCCBr. The molecule has 0 atom stereocenters. The Hall–Kier alpha value is 0.180. The highest BCUT2D eigenvalue weighted by atomic mass is 79.9. The number of allylic oxidation sites excluding steroid dienone is 1. The molecule has 0 saturated carbocycles. The molecular formula is C11H21BrO. The van der Waals surface area contributed by atoms with Gasteiger partial charge in [0.15, 0.2) is 0 Å². The molecule has 13 heavy (non-hydrogen) atoms. The Balaban J connectivity index is 2.91. The van der Waals surface area contributed by atoms with Crippen LogP contribution in [0.3, 0.4) is 0 Å². The Bertz CT molecular complexity index is 113. The van der Waals surface area contributed by atoms with Crippen molar-refractivity contribution in [2.75, 3.05) is 11.9 Å². The molecule has 1 N–H and O–H groups in total. The van der Waals surface area contributed by atoms with Gasteiger partial charge in [0.2, 0.25) is 0 Å². The van der Waals surface area contributed by atoms with Gasteiger partial charge in [-0.25, -0.2) is 0 Å². The zero-order chi connectivity index (χ0) is 9.78. The number of alkyl halides is 1. The molecule has 0 aliphatic heterocycles. The molecular weight excluding hydrogens is 228 g/mol. The van der Waals surface area contributed by atoms with E-state index in [0.717, 1.165) is 11.8 Å². The van der Waals surface area contributed by atoms with Crippen LogP contribution in [-0.2, 0) is 0 Å². The Morgan fingerprint density at radius 3 is 2.15 bits per heavy atom. The van der Waals surface area contributed by atoms with E-state index in [-0.39, 0.29) is 6.61 Å². The van der Waals surface area contributed by atoms with Gasteiger partial charge in [-0.1, -0.05) is 47.3 Å².